The smallest absolute Gasteiger partial charge is 0.351 e. The van der Waals surface area contributed by atoms with Crippen molar-refractivity contribution in [2.24, 2.45) is 5.73 Å². The van der Waals surface area contributed by atoms with E-state index in [2.05, 4.69) is 10.3 Å². The van der Waals surface area contributed by atoms with Crippen molar-refractivity contribution in [3.63, 3.8) is 0 Å². The number of nitrogens with one attached hydrogen (secondary N) is 1. The molecule has 0 fully saturated rings. The third-order valence-electron chi connectivity index (χ3n) is 3.38. The predicted molar refractivity (Wildman–Crippen MR) is 63.9 cm³/mol. The van der Waals surface area contributed by atoms with Gasteiger partial charge in [0.1, 0.15) is 5.69 Å². The number of aromatic nitrogens is 1. The van der Waals surface area contributed by atoms with Crippen molar-refractivity contribution in [1.82, 2.24) is 4.98 Å². The van der Waals surface area contributed by atoms with Crippen LogP contribution < -0.4 is 11.1 Å². The second-order valence-electron chi connectivity index (χ2n) is 4.75. The molecular weight excluding hydrogens is 259 g/mol. The second kappa shape index (κ2) is 4.40. The van der Waals surface area contributed by atoms with Crippen LogP contribution in [-0.2, 0) is 12.6 Å². The van der Waals surface area contributed by atoms with E-state index in [1.807, 2.05) is 6.92 Å². The zero-order chi connectivity index (χ0) is 14.4. The molecule has 0 saturated heterocycles. The Balaban J connectivity index is 2.68. The molecule has 1 unspecified atom stereocenters. The molecule has 0 saturated carbocycles. The molecule has 3 N–H and O–H groups in total. The van der Waals surface area contributed by atoms with E-state index in [-0.39, 0.29) is 17.2 Å². The van der Waals surface area contributed by atoms with Crippen LogP contribution in [0.3, 0.4) is 0 Å². The molecule has 1 aromatic heterocycles. The number of urea groups is 1. The van der Waals surface area contributed by atoms with Gasteiger partial charge in [-0.3, -0.25) is 0 Å². The molecule has 0 aromatic carbocycles. The SMILES string of the molecule is Cc1c(C(F)(F)F)nc2c(c1NC(N)=O)C(C)CC2. The summed E-state index contributed by atoms with van der Waals surface area (Å²) in [7, 11) is 0. The highest BCUT2D eigenvalue weighted by molar-refractivity contribution is 5.90. The Morgan fingerprint density at radius 2 is 2.11 bits per heavy atom. The minimum atomic E-state index is -4.54. The third kappa shape index (κ3) is 2.36. The number of hydrogen-bond acceptors (Lipinski definition) is 2. The number of hydrogen-bond donors (Lipinski definition) is 2. The van der Waals surface area contributed by atoms with Gasteiger partial charge in [0.25, 0.3) is 0 Å². The van der Waals surface area contributed by atoms with Gasteiger partial charge in [-0.05, 0) is 25.7 Å². The number of nitrogens with two attached hydrogens (primary N) is 1. The number of alkyl halides is 3. The standard InChI is InChI=1S/C12H14F3N3O/c1-5-3-4-7-8(5)9(18-11(16)19)6(2)10(17-7)12(13,14)15/h5H,3-4H2,1-2H3,(H3,16,17,18,19). The molecule has 104 valence electrons. The summed E-state index contributed by atoms with van der Waals surface area (Å²) in [5.74, 6) is 0.0605. The summed E-state index contributed by atoms with van der Waals surface area (Å²) in [6.07, 6.45) is -3.34. The first-order valence-electron chi connectivity index (χ1n) is 5.88. The van der Waals surface area contributed by atoms with Crippen molar-refractivity contribution < 1.29 is 18.0 Å². The molecular formula is C12H14F3N3O. The largest absolute Gasteiger partial charge is 0.433 e. The maximum absolute atomic E-state index is 12.9. The fourth-order valence-corrected chi connectivity index (χ4v) is 2.52. The molecule has 0 radical (unpaired) electrons. The Morgan fingerprint density at radius 1 is 1.47 bits per heavy atom. The normalized spacial score (nSPS) is 18.3. The van der Waals surface area contributed by atoms with Crippen LogP contribution in [0, 0.1) is 6.92 Å². The van der Waals surface area contributed by atoms with Gasteiger partial charge in [0.05, 0.1) is 5.69 Å². The molecule has 7 heteroatoms. The molecule has 1 aromatic rings. The summed E-state index contributed by atoms with van der Waals surface area (Å²) < 4.78 is 38.8. The van der Waals surface area contributed by atoms with E-state index in [9.17, 15) is 18.0 Å². The Kier molecular flexibility index (Phi) is 3.15. The molecule has 0 spiro atoms. The number of primary amides is 1. The van der Waals surface area contributed by atoms with Crippen LogP contribution in [0.15, 0.2) is 0 Å². The first-order valence-corrected chi connectivity index (χ1v) is 5.88. The van der Waals surface area contributed by atoms with E-state index in [0.717, 1.165) is 6.42 Å². The average Bonchev–Trinajstić information content (AvgIpc) is 2.62. The Morgan fingerprint density at radius 3 is 2.63 bits per heavy atom. The van der Waals surface area contributed by atoms with E-state index in [4.69, 9.17) is 5.73 Å². The number of carbonyl (C=O) groups is 1. The van der Waals surface area contributed by atoms with Crippen molar-refractivity contribution in [1.29, 1.82) is 0 Å². The van der Waals surface area contributed by atoms with E-state index < -0.39 is 17.9 Å². The number of rotatable bonds is 1. The molecule has 1 atom stereocenters. The topological polar surface area (TPSA) is 68.0 Å². The molecule has 4 nitrogen and oxygen atoms in total. The maximum Gasteiger partial charge on any atom is 0.433 e. The average molecular weight is 273 g/mol. The first kappa shape index (κ1) is 13.6. The van der Waals surface area contributed by atoms with Crippen LogP contribution in [0.4, 0.5) is 23.7 Å². The number of carbonyl (C=O) groups excluding carboxylic acids is 1. The Bertz CT molecular complexity index is 540. The molecule has 2 rings (SSSR count). The van der Waals surface area contributed by atoms with Gasteiger partial charge in [-0.2, -0.15) is 13.2 Å². The van der Waals surface area contributed by atoms with Crippen LogP contribution in [-0.4, -0.2) is 11.0 Å². The highest BCUT2D eigenvalue weighted by Crippen LogP contribution is 2.42. The van der Waals surface area contributed by atoms with Crippen molar-refractivity contribution in [2.45, 2.75) is 38.8 Å². The zero-order valence-corrected chi connectivity index (χ0v) is 10.6. The van der Waals surface area contributed by atoms with Crippen molar-refractivity contribution in [3.8, 4) is 0 Å². The summed E-state index contributed by atoms with van der Waals surface area (Å²) >= 11 is 0. The van der Waals surface area contributed by atoms with Crippen molar-refractivity contribution in [2.75, 3.05) is 5.32 Å². The van der Waals surface area contributed by atoms with Gasteiger partial charge in [0.2, 0.25) is 0 Å². The quantitative estimate of drug-likeness (QED) is 0.826. The monoisotopic (exact) mass is 273 g/mol. The summed E-state index contributed by atoms with van der Waals surface area (Å²) in [4.78, 5) is 14.7. The molecule has 1 aliphatic rings. The van der Waals surface area contributed by atoms with Crippen LogP contribution in [0.2, 0.25) is 0 Å². The van der Waals surface area contributed by atoms with Crippen LogP contribution in [0.1, 0.15) is 41.8 Å². The van der Waals surface area contributed by atoms with Gasteiger partial charge in [-0.15, -0.1) is 0 Å². The van der Waals surface area contributed by atoms with Gasteiger partial charge >= 0.3 is 12.2 Å². The van der Waals surface area contributed by atoms with Crippen molar-refractivity contribution >= 4 is 11.7 Å². The number of fused-ring (bicyclic) bond motifs is 1. The lowest BCUT2D eigenvalue weighted by atomic mass is 9.99. The van der Waals surface area contributed by atoms with Gasteiger partial charge < -0.3 is 11.1 Å². The summed E-state index contributed by atoms with van der Waals surface area (Å²) in [5, 5.41) is 2.32. The van der Waals surface area contributed by atoms with E-state index in [1.54, 1.807) is 0 Å². The lowest BCUT2D eigenvalue weighted by Crippen LogP contribution is -2.23. The third-order valence-corrected chi connectivity index (χ3v) is 3.38. The fraction of sp³-hybridized carbons (Fsp3) is 0.500. The van der Waals surface area contributed by atoms with Gasteiger partial charge in [0.15, 0.2) is 0 Å². The molecule has 0 bridgehead atoms. The molecule has 1 aliphatic carbocycles. The zero-order valence-electron chi connectivity index (χ0n) is 10.6. The fourth-order valence-electron chi connectivity index (χ4n) is 2.52. The highest BCUT2D eigenvalue weighted by atomic mass is 19.4. The predicted octanol–water partition coefficient (Wildman–Crippen LogP) is 2.95. The number of aryl methyl sites for hydroxylation is 1. The minimum absolute atomic E-state index is 0.0605. The van der Waals surface area contributed by atoms with Crippen LogP contribution in [0.5, 0.6) is 0 Å². The van der Waals surface area contributed by atoms with Crippen LogP contribution >= 0.6 is 0 Å². The number of anilines is 1. The Labute approximate surface area is 108 Å². The molecule has 19 heavy (non-hydrogen) atoms. The number of amides is 2. The first-order chi connectivity index (χ1) is 8.71. The summed E-state index contributed by atoms with van der Waals surface area (Å²) in [6.45, 7) is 3.19. The highest BCUT2D eigenvalue weighted by Gasteiger charge is 2.38. The van der Waals surface area contributed by atoms with Gasteiger partial charge in [-0.25, -0.2) is 9.78 Å². The van der Waals surface area contributed by atoms with E-state index in [1.165, 1.54) is 6.92 Å². The second-order valence-corrected chi connectivity index (χ2v) is 4.75. The summed E-state index contributed by atoms with van der Waals surface area (Å²) in [5.41, 5.74) is 5.23. The molecule has 2 amide bonds. The lowest BCUT2D eigenvalue weighted by Gasteiger charge is -2.19. The summed E-state index contributed by atoms with van der Waals surface area (Å²) in [6, 6.07) is -0.872. The van der Waals surface area contributed by atoms with Crippen LogP contribution in [0.25, 0.3) is 0 Å². The van der Waals surface area contributed by atoms with E-state index in [0.29, 0.717) is 17.7 Å². The maximum atomic E-state index is 12.9. The lowest BCUT2D eigenvalue weighted by molar-refractivity contribution is -0.141. The van der Waals surface area contributed by atoms with Crippen molar-refractivity contribution in [3.05, 3.63) is 22.5 Å². The van der Waals surface area contributed by atoms with E-state index >= 15 is 0 Å². The van der Waals surface area contributed by atoms with Gasteiger partial charge in [-0.1, -0.05) is 6.92 Å². The Hall–Kier alpha value is -1.79. The molecule has 0 aliphatic heterocycles. The molecule has 1 heterocycles. The minimum Gasteiger partial charge on any atom is -0.351 e. The number of pyridine rings is 1. The number of halogens is 3. The number of nitrogens with zero attached hydrogens (tertiary/aromatic N) is 1. The van der Waals surface area contributed by atoms with Gasteiger partial charge in [0, 0.05) is 16.8 Å².